The Labute approximate surface area is 149 Å². The summed E-state index contributed by atoms with van der Waals surface area (Å²) >= 11 is 0. The van der Waals surface area contributed by atoms with Crippen LogP contribution < -0.4 is 14.8 Å². The van der Waals surface area contributed by atoms with Gasteiger partial charge in [0.15, 0.2) is 6.10 Å². The predicted molar refractivity (Wildman–Crippen MR) is 101 cm³/mol. The molecule has 132 valence electrons. The van der Waals surface area contributed by atoms with Crippen LogP contribution in [-0.4, -0.2) is 18.6 Å². The fourth-order valence-electron chi connectivity index (χ4n) is 2.37. The third kappa shape index (κ3) is 5.11. The fourth-order valence-corrected chi connectivity index (χ4v) is 2.37. The first-order valence-electron chi connectivity index (χ1n) is 8.42. The number of hydrogen-bond donors (Lipinski definition) is 1. The first kappa shape index (κ1) is 18.6. The predicted octanol–water partition coefficient (Wildman–Crippen LogP) is 4.66. The molecule has 2 aromatic rings. The van der Waals surface area contributed by atoms with E-state index in [4.69, 9.17) is 9.47 Å². The van der Waals surface area contributed by atoms with Crippen LogP contribution in [0.25, 0.3) is 0 Å². The van der Waals surface area contributed by atoms with E-state index in [0.717, 1.165) is 16.9 Å². The largest absolute Gasteiger partial charge is 0.489 e. The number of hydrogen-bond acceptors (Lipinski definition) is 3. The van der Waals surface area contributed by atoms with E-state index in [9.17, 15) is 4.79 Å². The summed E-state index contributed by atoms with van der Waals surface area (Å²) in [5.41, 5.74) is 2.86. The number of rotatable bonds is 8. The summed E-state index contributed by atoms with van der Waals surface area (Å²) in [6, 6.07) is 13.1. The van der Waals surface area contributed by atoms with E-state index in [2.05, 4.69) is 11.9 Å². The molecule has 4 heteroatoms. The lowest BCUT2D eigenvalue weighted by atomic mass is 10.1. The molecule has 0 saturated carbocycles. The number of ether oxygens (including phenoxy) is 2. The molecule has 0 radical (unpaired) electrons. The summed E-state index contributed by atoms with van der Waals surface area (Å²) in [6.45, 7) is 10.00. The normalized spacial score (nSPS) is 11.5. The van der Waals surface area contributed by atoms with Gasteiger partial charge in [0.25, 0.3) is 5.91 Å². The van der Waals surface area contributed by atoms with E-state index < -0.39 is 6.10 Å². The molecule has 1 N–H and O–H groups in total. The molecule has 0 aliphatic rings. The molecule has 2 aromatic carbocycles. The maximum Gasteiger partial charge on any atom is 0.265 e. The summed E-state index contributed by atoms with van der Waals surface area (Å²) in [4.78, 5) is 12.6. The first-order valence-corrected chi connectivity index (χ1v) is 8.42. The zero-order chi connectivity index (χ0) is 18.2. The Morgan fingerprint density at radius 3 is 2.72 bits per heavy atom. The topological polar surface area (TPSA) is 47.6 Å². The van der Waals surface area contributed by atoms with Crippen molar-refractivity contribution >= 4 is 11.6 Å². The second-order valence-corrected chi connectivity index (χ2v) is 5.83. The van der Waals surface area contributed by atoms with Crippen LogP contribution in [0.5, 0.6) is 11.5 Å². The molecule has 0 spiro atoms. The second kappa shape index (κ2) is 8.92. The van der Waals surface area contributed by atoms with E-state index in [1.54, 1.807) is 12.1 Å². The van der Waals surface area contributed by atoms with Crippen LogP contribution in [0, 0.1) is 13.8 Å². The summed E-state index contributed by atoms with van der Waals surface area (Å²) in [5, 5.41) is 2.89. The minimum absolute atomic E-state index is 0.177. The fraction of sp³-hybridized carbons (Fsp3) is 0.286. The SMILES string of the molecule is C=CCOc1cccc(NC(=O)C(CC)Oc2cccc(C)c2C)c1. The van der Waals surface area contributed by atoms with Crippen molar-refractivity contribution in [3.63, 3.8) is 0 Å². The Kier molecular flexibility index (Phi) is 6.63. The number of carbonyl (C=O) groups is 1. The van der Waals surface area contributed by atoms with Gasteiger partial charge in [-0.25, -0.2) is 0 Å². The Bertz CT molecular complexity index is 740. The zero-order valence-corrected chi connectivity index (χ0v) is 15.0. The highest BCUT2D eigenvalue weighted by Crippen LogP contribution is 2.23. The van der Waals surface area contributed by atoms with E-state index >= 15 is 0 Å². The van der Waals surface area contributed by atoms with Crippen LogP contribution in [0.3, 0.4) is 0 Å². The number of nitrogens with one attached hydrogen (secondary N) is 1. The second-order valence-electron chi connectivity index (χ2n) is 5.83. The molecule has 0 heterocycles. The van der Waals surface area contributed by atoms with Gasteiger partial charge < -0.3 is 14.8 Å². The van der Waals surface area contributed by atoms with Crippen LogP contribution in [0.15, 0.2) is 55.1 Å². The van der Waals surface area contributed by atoms with E-state index in [0.29, 0.717) is 24.5 Å². The lowest BCUT2D eigenvalue weighted by Crippen LogP contribution is -2.32. The van der Waals surface area contributed by atoms with Crippen molar-refractivity contribution in [2.45, 2.75) is 33.3 Å². The molecule has 0 saturated heterocycles. The molecule has 0 aliphatic heterocycles. The average Bonchev–Trinajstić information content (AvgIpc) is 2.61. The van der Waals surface area contributed by atoms with Gasteiger partial charge >= 0.3 is 0 Å². The first-order chi connectivity index (χ1) is 12.0. The number of carbonyl (C=O) groups excluding carboxylic acids is 1. The highest BCUT2D eigenvalue weighted by Gasteiger charge is 2.19. The maximum absolute atomic E-state index is 12.6. The van der Waals surface area contributed by atoms with Gasteiger partial charge in [-0.1, -0.05) is 37.8 Å². The molecule has 0 fully saturated rings. The molecule has 0 bridgehead atoms. The summed E-state index contributed by atoms with van der Waals surface area (Å²) in [7, 11) is 0. The lowest BCUT2D eigenvalue weighted by molar-refractivity contribution is -0.122. The molecule has 1 atom stereocenters. The van der Waals surface area contributed by atoms with E-state index in [-0.39, 0.29) is 5.91 Å². The van der Waals surface area contributed by atoms with Crippen LogP contribution >= 0.6 is 0 Å². The Morgan fingerprint density at radius 2 is 2.00 bits per heavy atom. The average molecular weight is 339 g/mol. The third-order valence-corrected chi connectivity index (χ3v) is 3.96. The number of amides is 1. The number of benzene rings is 2. The minimum atomic E-state index is -0.557. The quantitative estimate of drug-likeness (QED) is 0.711. The summed E-state index contributed by atoms with van der Waals surface area (Å²) < 4.78 is 11.4. The monoisotopic (exact) mass is 339 g/mol. The van der Waals surface area contributed by atoms with Gasteiger partial charge in [0.05, 0.1) is 0 Å². The molecule has 0 aromatic heterocycles. The van der Waals surface area contributed by atoms with Gasteiger partial charge in [0.2, 0.25) is 0 Å². The smallest absolute Gasteiger partial charge is 0.265 e. The number of anilines is 1. The van der Waals surface area contributed by atoms with E-state index in [1.807, 2.05) is 57.2 Å². The van der Waals surface area contributed by atoms with Crippen LogP contribution in [-0.2, 0) is 4.79 Å². The van der Waals surface area contributed by atoms with Crippen molar-refractivity contribution in [2.24, 2.45) is 0 Å². The van der Waals surface area contributed by atoms with Gasteiger partial charge in [-0.05, 0) is 49.6 Å². The standard InChI is InChI=1S/C21H25NO3/c1-5-13-24-18-11-8-10-17(14-18)22-21(23)19(6-2)25-20-12-7-9-15(3)16(20)4/h5,7-12,14,19H,1,6,13H2,2-4H3,(H,22,23). The molecule has 0 aliphatic carbocycles. The number of aryl methyl sites for hydroxylation is 1. The Hall–Kier alpha value is -2.75. The van der Waals surface area contributed by atoms with Crippen molar-refractivity contribution in [2.75, 3.05) is 11.9 Å². The van der Waals surface area contributed by atoms with Crippen LogP contribution in [0.1, 0.15) is 24.5 Å². The minimum Gasteiger partial charge on any atom is -0.489 e. The van der Waals surface area contributed by atoms with Crippen LogP contribution in [0.4, 0.5) is 5.69 Å². The molecule has 4 nitrogen and oxygen atoms in total. The van der Waals surface area contributed by atoms with Crippen LogP contribution in [0.2, 0.25) is 0 Å². The molecule has 25 heavy (non-hydrogen) atoms. The van der Waals surface area contributed by atoms with Crippen molar-refractivity contribution in [3.05, 3.63) is 66.2 Å². The lowest BCUT2D eigenvalue weighted by Gasteiger charge is -2.19. The molecule has 2 rings (SSSR count). The zero-order valence-electron chi connectivity index (χ0n) is 15.0. The van der Waals surface area contributed by atoms with Crippen molar-refractivity contribution in [1.82, 2.24) is 0 Å². The van der Waals surface area contributed by atoms with Gasteiger partial charge in [-0.3, -0.25) is 4.79 Å². The third-order valence-electron chi connectivity index (χ3n) is 3.96. The van der Waals surface area contributed by atoms with Gasteiger partial charge in [0.1, 0.15) is 18.1 Å². The van der Waals surface area contributed by atoms with Gasteiger partial charge in [-0.2, -0.15) is 0 Å². The molecule has 1 amide bonds. The van der Waals surface area contributed by atoms with Crippen molar-refractivity contribution in [1.29, 1.82) is 0 Å². The van der Waals surface area contributed by atoms with Crippen molar-refractivity contribution in [3.8, 4) is 11.5 Å². The molecular weight excluding hydrogens is 314 g/mol. The molecular formula is C21H25NO3. The summed E-state index contributed by atoms with van der Waals surface area (Å²) in [6.07, 6.45) is 1.70. The van der Waals surface area contributed by atoms with Gasteiger partial charge in [0, 0.05) is 11.8 Å². The van der Waals surface area contributed by atoms with Gasteiger partial charge in [-0.15, -0.1) is 0 Å². The van der Waals surface area contributed by atoms with E-state index in [1.165, 1.54) is 0 Å². The maximum atomic E-state index is 12.6. The highest BCUT2D eigenvalue weighted by atomic mass is 16.5. The Morgan fingerprint density at radius 1 is 1.24 bits per heavy atom. The summed E-state index contributed by atoms with van der Waals surface area (Å²) in [5.74, 6) is 1.25. The Balaban J connectivity index is 2.07. The highest BCUT2D eigenvalue weighted by molar-refractivity contribution is 5.94. The van der Waals surface area contributed by atoms with Crippen molar-refractivity contribution < 1.29 is 14.3 Å². The molecule has 1 unspecified atom stereocenters.